The van der Waals surface area contributed by atoms with Crippen LogP contribution >= 0.6 is 11.6 Å². The minimum absolute atomic E-state index is 0.269. The highest BCUT2D eigenvalue weighted by atomic mass is 35.5. The summed E-state index contributed by atoms with van der Waals surface area (Å²) in [6.45, 7) is 5.43. The van der Waals surface area contributed by atoms with Crippen LogP contribution in [0.2, 0.25) is 5.02 Å². The van der Waals surface area contributed by atoms with Crippen molar-refractivity contribution in [3.8, 4) is 5.75 Å². The summed E-state index contributed by atoms with van der Waals surface area (Å²) in [6, 6.07) is 7.53. The molecule has 21 heavy (non-hydrogen) atoms. The standard InChI is InChI=1S/C15H21ClN4O/c1-3-9-20-15(12(16)10-18-20)14(19-17)11-7-5-6-8-13(11)21-4-2/h5-8,10,14,19H,3-4,9,17H2,1-2H3. The van der Waals surface area contributed by atoms with Crippen molar-refractivity contribution in [2.24, 2.45) is 5.84 Å². The molecule has 1 aromatic heterocycles. The molecular weight excluding hydrogens is 288 g/mol. The summed E-state index contributed by atoms with van der Waals surface area (Å²) in [5.41, 5.74) is 4.63. The Balaban J connectivity index is 2.47. The third-order valence-corrected chi connectivity index (χ3v) is 3.53. The molecule has 114 valence electrons. The SMILES string of the molecule is CCCn1ncc(Cl)c1C(NN)c1ccccc1OCC. The van der Waals surface area contributed by atoms with Crippen LogP contribution in [0.15, 0.2) is 30.5 Å². The van der Waals surface area contributed by atoms with Crippen molar-refractivity contribution in [3.63, 3.8) is 0 Å². The van der Waals surface area contributed by atoms with E-state index in [4.69, 9.17) is 22.2 Å². The maximum atomic E-state index is 6.31. The van der Waals surface area contributed by atoms with Crippen molar-refractivity contribution in [1.29, 1.82) is 0 Å². The number of nitrogens with zero attached hydrogens (tertiary/aromatic N) is 2. The van der Waals surface area contributed by atoms with Gasteiger partial charge in [0.25, 0.3) is 0 Å². The molecule has 0 amide bonds. The van der Waals surface area contributed by atoms with Gasteiger partial charge in [-0.25, -0.2) is 5.43 Å². The van der Waals surface area contributed by atoms with E-state index >= 15 is 0 Å². The normalized spacial score (nSPS) is 12.4. The van der Waals surface area contributed by atoms with Gasteiger partial charge in [-0.1, -0.05) is 36.7 Å². The van der Waals surface area contributed by atoms with Crippen molar-refractivity contribution in [2.75, 3.05) is 6.61 Å². The number of aromatic nitrogens is 2. The van der Waals surface area contributed by atoms with Gasteiger partial charge >= 0.3 is 0 Å². The first-order chi connectivity index (χ1) is 10.2. The fourth-order valence-corrected chi connectivity index (χ4v) is 2.62. The number of nitrogens with one attached hydrogen (secondary N) is 1. The Bertz CT molecular complexity index is 585. The third-order valence-electron chi connectivity index (χ3n) is 3.24. The summed E-state index contributed by atoms with van der Waals surface area (Å²) in [4.78, 5) is 0. The summed E-state index contributed by atoms with van der Waals surface area (Å²) in [7, 11) is 0. The highest BCUT2D eigenvalue weighted by molar-refractivity contribution is 6.31. The number of para-hydroxylation sites is 1. The van der Waals surface area contributed by atoms with Crippen molar-refractivity contribution in [1.82, 2.24) is 15.2 Å². The van der Waals surface area contributed by atoms with E-state index in [1.54, 1.807) is 6.20 Å². The molecule has 2 aromatic rings. The average Bonchev–Trinajstić information content (AvgIpc) is 2.84. The lowest BCUT2D eigenvalue weighted by Gasteiger charge is -2.21. The Morgan fingerprint density at radius 1 is 1.38 bits per heavy atom. The molecule has 0 saturated heterocycles. The van der Waals surface area contributed by atoms with Crippen LogP contribution in [0.1, 0.15) is 37.6 Å². The summed E-state index contributed by atoms with van der Waals surface area (Å²) in [5.74, 6) is 6.58. The topological polar surface area (TPSA) is 65.1 Å². The molecule has 0 fully saturated rings. The van der Waals surface area contributed by atoms with Crippen molar-refractivity contribution >= 4 is 11.6 Å². The number of rotatable bonds is 7. The molecule has 0 aliphatic heterocycles. The largest absolute Gasteiger partial charge is 0.494 e. The van der Waals surface area contributed by atoms with Crippen molar-refractivity contribution < 1.29 is 4.74 Å². The number of hydrogen-bond donors (Lipinski definition) is 2. The van der Waals surface area contributed by atoms with E-state index < -0.39 is 0 Å². The Morgan fingerprint density at radius 2 is 2.14 bits per heavy atom. The van der Waals surface area contributed by atoms with E-state index in [-0.39, 0.29) is 6.04 Å². The van der Waals surface area contributed by atoms with Gasteiger partial charge < -0.3 is 4.74 Å². The molecule has 0 aliphatic rings. The molecule has 1 aromatic carbocycles. The predicted octanol–water partition coefficient (Wildman–Crippen LogP) is 2.90. The second-order valence-corrected chi connectivity index (χ2v) is 5.08. The van der Waals surface area contributed by atoms with Crippen LogP contribution in [0.25, 0.3) is 0 Å². The molecule has 0 radical (unpaired) electrons. The van der Waals surface area contributed by atoms with Gasteiger partial charge in [0.15, 0.2) is 0 Å². The van der Waals surface area contributed by atoms with Gasteiger partial charge in [-0.15, -0.1) is 0 Å². The molecule has 6 heteroatoms. The number of nitrogens with two attached hydrogens (primary N) is 1. The van der Waals surface area contributed by atoms with Crippen LogP contribution in [0.4, 0.5) is 0 Å². The van der Waals surface area contributed by atoms with E-state index in [1.165, 1.54) is 0 Å². The maximum absolute atomic E-state index is 6.31. The first-order valence-electron chi connectivity index (χ1n) is 7.11. The minimum Gasteiger partial charge on any atom is -0.494 e. The van der Waals surface area contributed by atoms with Crippen LogP contribution in [0.5, 0.6) is 5.75 Å². The summed E-state index contributed by atoms with van der Waals surface area (Å²) >= 11 is 6.31. The van der Waals surface area contributed by atoms with Crippen LogP contribution < -0.4 is 16.0 Å². The van der Waals surface area contributed by atoms with E-state index in [0.29, 0.717) is 11.6 Å². The maximum Gasteiger partial charge on any atom is 0.124 e. The average molecular weight is 309 g/mol. The monoisotopic (exact) mass is 308 g/mol. The summed E-state index contributed by atoms with van der Waals surface area (Å²) in [5, 5.41) is 4.92. The zero-order valence-electron chi connectivity index (χ0n) is 12.3. The van der Waals surface area contributed by atoms with E-state index in [1.807, 2.05) is 35.9 Å². The highest BCUT2D eigenvalue weighted by Crippen LogP contribution is 2.33. The third kappa shape index (κ3) is 3.37. The van der Waals surface area contributed by atoms with Gasteiger partial charge in [0, 0.05) is 12.1 Å². The van der Waals surface area contributed by atoms with Crippen LogP contribution in [0.3, 0.4) is 0 Å². The zero-order chi connectivity index (χ0) is 15.2. The van der Waals surface area contributed by atoms with Gasteiger partial charge in [0.1, 0.15) is 5.75 Å². The van der Waals surface area contributed by atoms with Gasteiger partial charge in [0.05, 0.1) is 29.6 Å². The van der Waals surface area contributed by atoms with Gasteiger partial charge in [-0.3, -0.25) is 10.5 Å². The van der Waals surface area contributed by atoms with Crippen LogP contribution in [-0.2, 0) is 6.54 Å². The lowest BCUT2D eigenvalue weighted by Crippen LogP contribution is -2.31. The number of hydrazine groups is 1. The van der Waals surface area contributed by atoms with Crippen LogP contribution in [0, 0.1) is 0 Å². The summed E-state index contributed by atoms with van der Waals surface area (Å²) in [6.07, 6.45) is 2.62. The molecule has 1 atom stereocenters. The molecule has 1 heterocycles. The molecule has 5 nitrogen and oxygen atoms in total. The Kier molecular flexibility index (Phi) is 5.61. The molecule has 0 saturated carbocycles. The number of benzene rings is 1. The smallest absolute Gasteiger partial charge is 0.124 e. The number of hydrogen-bond acceptors (Lipinski definition) is 4. The molecule has 0 aliphatic carbocycles. The summed E-state index contributed by atoms with van der Waals surface area (Å²) < 4.78 is 7.57. The Hall–Kier alpha value is -1.56. The molecular formula is C15H21ClN4O. The zero-order valence-corrected chi connectivity index (χ0v) is 13.1. The molecule has 1 unspecified atom stereocenters. The van der Waals surface area contributed by atoms with Crippen molar-refractivity contribution in [2.45, 2.75) is 32.9 Å². The lowest BCUT2D eigenvalue weighted by molar-refractivity contribution is 0.332. The Labute approximate surface area is 130 Å². The second-order valence-electron chi connectivity index (χ2n) is 4.67. The first kappa shape index (κ1) is 15.8. The highest BCUT2D eigenvalue weighted by Gasteiger charge is 2.23. The molecule has 3 N–H and O–H groups in total. The number of halogens is 1. The fourth-order valence-electron chi connectivity index (χ4n) is 2.37. The van der Waals surface area contributed by atoms with Crippen LogP contribution in [-0.4, -0.2) is 16.4 Å². The van der Waals surface area contributed by atoms with E-state index in [0.717, 1.165) is 30.0 Å². The molecule has 0 spiro atoms. The first-order valence-corrected chi connectivity index (χ1v) is 7.49. The van der Waals surface area contributed by atoms with Gasteiger partial charge in [-0.2, -0.15) is 5.10 Å². The van der Waals surface area contributed by atoms with E-state index in [2.05, 4.69) is 17.4 Å². The minimum atomic E-state index is -0.269. The number of ether oxygens (including phenoxy) is 1. The second kappa shape index (κ2) is 7.45. The predicted molar refractivity (Wildman–Crippen MR) is 84.3 cm³/mol. The quantitative estimate of drug-likeness (QED) is 0.610. The fraction of sp³-hybridized carbons (Fsp3) is 0.400. The van der Waals surface area contributed by atoms with Crippen molar-refractivity contribution in [3.05, 3.63) is 46.7 Å². The Morgan fingerprint density at radius 3 is 2.81 bits per heavy atom. The lowest BCUT2D eigenvalue weighted by atomic mass is 10.0. The van der Waals surface area contributed by atoms with E-state index in [9.17, 15) is 0 Å². The number of aryl methyl sites for hydroxylation is 1. The van der Waals surface area contributed by atoms with Gasteiger partial charge in [0.2, 0.25) is 0 Å². The van der Waals surface area contributed by atoms with Gasteiger partial charge in [-0.05, 0) is 19.4 Å². The molecule has 2 rings (SSSR count). The molecule has 0 bridgehead atoms.